The molecule has 1 N–H and O–H groups in total. The highest BCUT2D eigenvalue weighted by Gasteiger charge is 2.35. The number of pyridine rings is 1. The summed E-state index contributed by atoms with van der Waals surface area (Å²) in [5.41, 5.74) is -1.24. The number of carbonyl (C=O) groups is 1. The number of alkyl halides is 3. The lowest BCUT2D eigenvalue weighted by atomic mass is 9.89. The van der Waals surface area contributed by atoms with Crippen LogP contribution < -0.4 is 5.32 Å². The fourth-order valence-electron chi connectivity index (χ4n) is 4.22. The molecule has 1 aliphatic heterocycles. The molecule has 0 radical (unpaired) electrons. The van der Waals surface area contributed by atoms with Gasteiger partial charge in [0.2, 0.25) is 0 Å². The molecule has 3 aromatic rings. The average Bonchev–Trinajstić information content (AvgIpc) is 2.84. The minimum Gasteiger partial charge on any atom is -0.368 e. The van der Waals surface area contributed by atoms with E-state index in [1.807, 2.05) is 6.92 Å². The minimum atomic E-state index is -4.49. The van der Waals surface area contributed by atoms with Gasteiger partial charge in [-0.3, -0.25) is 4.79 Å². The monoisotopic (exact) mass is 491 g/mol. The number of aromatic nitrogens is 3. The first kappa shape index (κ1) is 24.5. The smallest absolute Gasteiger partial charge is 0.368 e. The van der Waals surface area contributed by atoms with E-state index in [1.54, 1.807) is 4.90 Å². The van der Waals surface area contributed by atoms with Crippen molar-refractivity contribution in [2.45, 2.75) is 32.0 Å². The molecule has 2 aromatic heterocycles. The summed E-state index contributed by atoms with van der Waals surface area (Å²) in [7, 11) is 0. The number of amides is 1. The molecule has 1 aliphatic rings. The normalized spacial score (nSPS) is 18.4. The van der Waals surface area contributed by atoms with Crippen LogP contribution in [0.25, 0.3) is 11.4 Å². The first-order valence-electron chi connectivity index (χ1n) is 11.0. The predicted molar refractivity (Wildman–Crippen MR) is 118 cm³/mol. The van der Waals surface area contributed by atoms with Crippen molar-refractivity contribution < 1.29 is 26.7 Å². The van der Waals surface area contributed by atoms with Crippen molar-refractivity contribution in [3.8, 4) is 11.4 Å². The Labute approximate surface area is 198 Å². The van der Waals surface area contributed by atoms with E-state index >= 15 is 0 Å². The zero-order chi connectivity index (χ0) is 25.2. The Balaban J connectivity index is 1.60. The Bertz CT molecular complexity index is 1190. The van der Waals surface area contributed by atoms with E-state index in [0.717, 1.165) is 24.8 Å². The quantitative estimate of drug-likeness (QED) is 0.498. The van der Waals surface area contributed by atoms with Gasteiger partial charge in [0.25, 0.3) is 5.91 Å². The summed E-state index contributed by atoms with van der Waals surface area (Å²) in [5.74, 6) is -2.68. The molecule has 4 rings (SSSR count). The van der Waals surface area contributed by atoms with Crippen molar-refractivity contribution in [3.63, 3.8) is 0 Å². The van der Waals surface area contributed by atoms with Crippen LogP contribution in [0.15, 0.2) is 48.9 Å². The third kappa shape index (κ3) is 5.23. The summed E-state index contributed by atoms with van der Waals surface area (Å²) in [5, 5.41) is 3.00. The molecule has 3 heterocycles. The van der Waals surface area contributed by atoms with Crippen molar-refractivity contribution in [2.24, 2.45) is 5.92 Å². The lowest BCUT2D eigenvalue weighted by molar-refractivity contribution is -0.137. The van der Waals surface area contributed by atoms with Gasteiger partial charge in [-0.2, -0.15) is 13.2 Å². The summed E-state index contributed by atoms with van der Waals surface area (Å²) in [4.78, 5) is 27.0. The number of anilines is 1. The highest BCUT2D eigenvalue weighted by molar-refractivity contribution is 6.00. The molecule has 0 saturated carbocycles. The topological polar surface area (TPSA) is 71.0 Å². The molecule has 0 bridgehead atoms. The van der Waals surface area contributed by atoms with Crippen molar-refractivity contribution in [2.75, 3.05) is 18.4 Å². The molecule has 2 atom stereocenters. The molecule has 0 unspecified atom stereocenters. The van der Waals surface area contributed by atoms with Gasteiger partial charge in [-0.25, -0.2) is 23.7 Å². The zero-order valence-corrected chi connectivity index (χ0v) is 18.7. The van der Waals surface area contributed by atoms with Gasteiger partial charge in [0.15, 0.2) is 17.5 Å². The van der Waals surface area contributed by atoms with Crippen LogP contribution in [-0.2, 0) is 6.18 Å². The Hall–Kier alpha value is -3.63. The molecule has 1 aromatic carbocycles. The van der Waals surface area contributed by atoms with E-state index in [1.165, 1.54) is 30.6 Å². The van der Waals surface area contributed by atoms with Crippen LogP contribution in [0.5, 0.6) is 0 Å². The second kappa shape index (κ2) is 9.93. The van der Waals surface area contributed by atoms with Gasteiger partial charge in [-0.1, -0.05) is 6.92 Å². The Kier molecular flexibility index (Phi) is 6.95. The largest absolute Gasteiger partial charge is 0.417 e. The maximum Gasteiger partial charge on any atom is 0.417 e. The predicted octanol–water partition coefficient (Wildman–Crippen LogP) is 5.19. The van der Waals surface area contributed by atoms with Crippen LogP contribution in [0.2, 0.25) is 0 Å². The van der Waals surface area contributed by atoms with Gasteiger partial charge >= 0.3 is 6.18 Å². The highest BCUT2D eigenvalue weighted by Crippen LogP contribution is 2.31. The molecule has 11 heteroatoms. The van der Waals surface area contributed by atoms with Crippen LogP contribution in [0.4, 0.5) is 27.8 Å². The number of nitrogens with one attached hydrogen (secondary N) is 1. The highest BCUT2D eigenvalue weighted by atomic mass is 19.4. The first-order chi connectivity index (χ1) is 16.7. The van der Waals surface area contributed by atoms with Gasteiger partial charge in [-0.05, 0) is 49.1 Å². The first-order valence-corrected chi connectivity index (χ1v) is 11.0. The number of rotatable bonds is 5. The van der Waals surface area contributed by atoms with Crippen molar-refractivity contribution in [3.05, 3.63) is 71.7 Å². The van der Waals surface area contributed by atoms with Gasteiger partial charge in [0.1, 0.15) is 5.82 Å². The summed E-state index contributed by atoms with van der Waals surface area (Å²) >= 11 is 0. The standard InChI is InChI=1S/C24H22F5N5O/c1-14-4-2-11-34(18(14)13-33-19-8-5-15(12-32-19)24(27,28)29)23(35)16-6-7-17(25)21(26)20(16)22-30-9-3-10-31-22/h3,5-10,12,14,18H,2,4,11,13H2,1H3,(H,32,33)/t14-,18-/m1/s1. The summed E-state index contributed by atoms with van der Waals surface area (Å²) in [6.07, 6.45) is 0.521. The van der Waals surface area contributed by atoms with E-state index < -0.39 is 29.3 Å². The summed E-state index contributed by atoms with van der Waals surface area (Å²) in [6.45, 7) is 2.55. The fourth-order valence-corrected chi connectivity index (χ4v) is 4.22. The molecule has 184 valence electrons. The van der Waals surface area contributed by atoms with E-state index in [9.17, 15) is 26.7 Å². The van der Waals surface area contributed by atoms with Gasteiger partial charge in [0.05, 0.1) is 22.7 Å². The number of benzene rings is 1. The Morgan fingerprint density at radius 3 is 2.51 bits per heavy atom. The molecule has 0 aliphatic carbocycles. The van der Waals surface area contributed by atoms with Gasteiger partial charge in [-0.15, -0.1) is 0 Å². The van der Waals surface area contributed by atoms with Gasteiger partial charge < -0.3 is 10.2 Å². The number of halogens is 5. The van der Waals surface area contributed by atoms with E-state index in [4.69, 9.17) is 0 Å². The number of nitrogens with zero attached hydrogens (tertiary/aromatic N) is 4. The SMILES string of the molecule is C[C@@H]1CCCN(C(=O)c2ccc(F)c(F)c2-c2ncccn2)[C@@H]1CNc1ccc(C(F)(F)F)cn1. The third-order valence-corrected chi connectivity index (χ3v) is 6.07. The van der Waals surface area contributed by atoms with E-state index in [0.29, 0.717) is 13.0 Å². The maximum atomic E-state index is 14.8. The van der Waals surface area contributed by atoms with E-state index in [-0.39, 0.29) is 41.3 Å². The number of hydrogen-bond acceptors (Lipinski definition) is 5. The average molecular weight is 491 g/mol. The minimum absolute atomic E-state index is 0.0383. The molecule has 0 spiro atoms. The molecule has 35 heavy (non-hydrogen) atoms. The number of hydrogen-bond donors (Lipinski definition) is 1. The van der Waals surface area contributed by atoms with Crippen LogP contribution in [0, 0.1) is 17.6 Å². The lowest BCUT2D eigenvalue weighted by Gasteiger charge is -2.40. The van der Waals surface area contributed by atoms with Gasteiger partial charge in [0, 0.05) is 31.7 Å². The van der Waals surface area contributed by atoms with Crippen LogP contribution >= 0.6 is 0 Å². The van der Waals surface area contributed by atoms with Crippen LogP contribution in [0.3, 0.4) is 0 Å². The summed E-state index contributed by atoms with van der Waals surface area (Å²) in [6, 6.07) is 5.41. The van der Waals surface area contributed by atoms with Crippen molar-refractivity contribution in [1.29, 1.82) is 0 Å². The molecule has 6 nitrogen and oxygen atoms in total. The van der Waals surface area contributed by atoms with E-state index in [2.05, 4.69) is 20.3 Å². The van der Waals surface area contributed by atoms with Crippen molar-refractivity contribution >= 4 is 11.7 Å². The lowest BCUT2D eigenvalue weighted by Crippen LogP contribution is -2.51. The number of likely N-dealkylation sites (tertiary alicyclic amines) is 1. The third-order valence-electron chi connectivity index (χ3n) is 6.07. The molecule has 1 fully saturated rings. The molecule has 1 saturated heterocycles. The maximum absolute atomic E-state index is 14.8. The number of carbonyl (C=O) groups excluding carboxylic acids is 1. The zero-order valence-electron chi connectivity index (χ0n) is 18.7. The van der Waals surface area contributed by atoms with Crippen LogP contribution in [-0.4, -0.2) is 44.9 Å². The second-order valence-corrected chi connectivity index (χ2v) is 8.35. The second-order valence-electron chi connectivity index (χ2n) is 8.35. The Morgan fingerprint density at radius 1 is 1.11 bits per heavy atom. The number of piperidine rings is 1. The van der Waals surface area contributed by atoms with Crippen LogP contribution in [0.1, 0.15) is 35.7 Å². The molecular formula is C24H22F5N5O. The Morgan fingerprint density at radius 2 is 1.86 bits per heavy atom. The van der Waals surface area contributed by atoms with Crippen molar-refractivity contribution in [1.82, 2.24) is 19.9 Å². The molecule has 1 amide bonds. The fraction of sp³-hybridized carbons (Fsp3) is 0.333. The summed E-state index contributed by atoms with van der Waals surface area (Å²) < 4.78 is 67.2. The molecular weight excluding hydrogens is 469 g/mol.